The molecule has 1 aromatic carbocycles. The highest BCUT2D eigenvalue weighted by Crippen LogP contribution is 2.27. The Kier molecular flexibility index (Phi) is 5.18. The molecule has 0 aliphatic heterocycles. The van der Waals surface area contributed by atoms with Gasteiger partial charge in [0.15, 0.2) is 0 Å². The highest BCUT2D eigenvalue weighted by atomic mass is 19.1. The number of ether oxygens (including phenoxy) is 2. The van der Waals surface area contributed by atoms with Crippen LogP contribution in [0, 0.1) is 5.82 Å². The van der Waals surface area contributed by atoms with Gasteiger partial charge in [0.05, 0.1) is 11.6 Å². The first-order valence-electron chi connectivity index (χ1n) is 7.27. The molecule has 126 valence electrons. The fraction of sp³-hybridized carbons (Fsp3) is 0.222. The molecule has 6 heteroatoms. The number of aromatic nitrogens is 1. The third-order valence-corrected chi connectivity index (χ3v) is 2.74. The van der Waals surface area contributed by atoms with Crippen molar-refractivity contribution in [1.82, 2.24) is 4.98 Å². The number of carbonyl (C=O) groups is 1. The number of hydrogen-bond acceptors (Lipinski definition) is 5. The lowest BCUT2D eigenvalue weighted by Crippen LogP contribution is -2.22. The Balaban J connectivity index is 2.24. The molecule has 5 nitrogen and oxygen atoms in total. The zero-order valence-electron chi connectivity index (χ0n) is 13.6. The fourth-order valence-corrected chi connectivity index (χ4v) is 1.80. The van der Waals surface area contributed by atoms with Crippen molar-refractivity contribution in [3.05, 3.63) is 60.1 Å². The number of carbonyl (C=O) groups excluding carboxylic acids is 1. The minimum atomic E-state index is -0.684. The van der Waals surface area contributed by atoms with E-state index in [1.54, 1.807) is 32.9 Å². The zero-order valence-corrected chi connectivity index (χ0v) is 13.6. The summed E-state index contributed by atoms with van der Waals surface area (Å²) in [4.78, 5) is 15.8. The second-order valence-corrected chi connectivity index (χ2v) is 5.98. The van der Waals surface area contributed by atoms with Gasteiger partial charge in [0.1, 0.15) is 22.9 Å². The van der Waals surface area contributed by atoms with Crippen LogP contribution in [-0.4, -0.2) is 21.7 Å². The quantitative estimate of drug-likeness (QED) is 0.515. The van der Waals surface area contributed by atoms with Gasteiger partial charge in [0, 0.05) is 6.20 Å². The van der Waals surface area contributed by atoms with Crippen molar-refractivity contribution in [3.63, 3.8) is 0 Å². The SMILES string of the molecule is CC(C)(C)OC(=O)/C=C(\O)c1cccnc1Oc1ccc(F)cc1. The highest BCUT2D eigenvalue weighted by molar-refractivity contribution is 5.90. The van der Waals surface area contributed by atoms with Crippen LogP contribution in [0.15, 0.2) is 48.7 Å². The van der Waals surface area contributed by atoms with Gasteiger partial charge in [-0.05, 0) is 57.2 Å². The third-order valence-electron chi connectivity index (χ3n) is 2.74. The molecule has 1 N–H and O–H groups in total. The first-order valence-corrected chi connectivity index (χ1v) is 7.27. The average Bonchev–Trinajstić information content (AvgIpc) is 2.48. The van der Waals surface area contributed by atoms with Gasteiger partial charge < -0.3 is 14.6 Å². The Labute approximate surface area is 139 Å². The Morgan fingerprint density at radius 2 is 1.88 bits per heavy atom. The number of rotatable bonds is 4. The maximum absolute atomic E-state index is 12.9. The van der Waals surface area contributed by atoms with Crippen molar-refractivity contribution < 1.29 is 23.8 Å². The Hall–Kier alpha value is -2.89. The van der Waals surface area contributed by atoms with Crippen LogP contribution in [0.2, 0.25) is 0 Å². The molecule has 0 fully saturated rings. The molecule has 1 aromatic heterocycles. The molecule has 0 spiro atoms. The average molecular weight is 331 g/mol. The maximum Gasteiger partial charge on any atom is 0.335 e. The Morgan fingerprint density at radius 1 is 1.21 bits per heavy atom. The second kappa shape index (κ2) is 7.12. The summed E-state index contributed by atoms with van der Waals surface area (Å²) in [6.45, 7) is 5.18. The molecule has 0 aliphatic carbocycles. The number of pyridine rings is 1. The summed E-state index contributed by atoms with van der Waals surface area (Å²) in [5, 5.41) is 10.2. The minimum Gasteiger partial charge on any atom is -0.507 e. The van der Waals surface area contributed by atoms with Crippen LogP contribution in [0.3, 0.4) is 0 Å². The lowest BCUT2D eigenvalue weighted by molar-refractivity contribution is -0.148. The van der Waals surface area contributed by atoms with Crippen molar-refractivity contribution in [2.24, 2.45) is 0 Å². The van der Waals surface area contributed by atoms with E-state index in [1.807, 2.05) is 0 Å². The molecule has 0 atom stereocenters. The van der Waals surface area contributed by atoms with Crippen LogP contribution >= 0.6 is 0 Å². The van der Waals surface area contributed by atoms with E-state index in [2.05, 4.69) is 4.98 Å². The first-order chi connectivity index (χ1) is 11.2. The molecule has 0 radical (unpaired) electrons. The van der Waals surface area contributed by atoms with Crippen LogP contribution in [0.4, 0.5) is 4.39 Å². The molecule has 0 amide bonds. The highest BCUT2D eigenvalue weighted by Gasteiger charge is 2.17. The standard InChI is InChI=1S/C18H18FNO4/c1-18(2,3)24-16(22)11-15(21)14-5-4-10-20-17(14)23-13-8-6-12(19)7-9-13/h4-11,21H,1-3H3/b15-11-. The van der Waals surface area contributed by atoms with Crippen molar-refractivity contribution >= 4 is 11.7 Å². The van der Waals surface area contributed by atoms with Crippen molar-refractivity contribution in [1.29, 1.82) is 0 Å². The van der Waals surface area contributed by atoms with E-state index in [1.165, 1.54) is 30.5 Å². The smallest absolute Gasteiger partial charge is 0.335 e. The molecular formula is C18H18FNO4. The number of hydrogen-bond donors (Lipinski definition) is 1. The van der Waals surface area contributed by atoms with E-state index >= 15 is 0 Å². The predicted molar refractivity (Wildman–Crippen MR) is 87.2 cm³/mol. The van der Waals surface area contributed by atoms with Gasteiger partial charge in [0.2, 0.25) is 5.88 Å². The minimum absolute atomic E-state index is 0.0846. The van der Waals surface area contributed by atoms with E-state index in [0.717, 1.165) is 6.08 Å². The molecular weight excluding hydrogens is 313 g/mol. The number of esters is 1. The number of aliphatic hydroxyl groups excluding tert-OH is 1. The fourth-order valence-electron chi connectivity index (χ4n) is 1.80. The summed E-state index contributed by atoms with van der Waals surface area (Å²) in [5.74, 6) is -0.981. The van der Waals surface area contributed by atoms with Gasteiger partial charge in [-0.25, -0.2) is 14.2 Å². The molecule has 1 heterocycles. The maximum atomic E-state index is 12.9. The van der Waals surface area contributed by atoms with Gasteiger partial charge in [-0.15, -0.1) is 0 Å². The van der Waals surface area contributed by atoms with E-state index < -0.39 is 17.4 Å². The third kappa shape index (κ3) is 5.08. The summed E-state index contributed by atoms with van der Waals surface area (Å²) in [6, 6.07) is 8.49. The molecule has 0 unspecified atom stereocenters. The summed E-state index contributed by atoms with van der Waals surface area (Å²) >= 11 is 0. The van der Waals surface area contributed by atoms with Crippen LogP contribution in [0.5, 0.6) is 11.6 Å². The molecule has 2 rings (SSSR count). The second-order valence-electron chi connectivity index (χ2n) is 5.98. The summed E-state index contributed by atoms with van der Waals surface area (Å²) < 4.78 is 23.6. The monoisotopic (exact) mass is 331 g/mol. The molecule has 0 aliphatic rings. The van der Waals surface area contributed by atoms with E-state index in [0.29, 0.717) is 5.75 Å². The van der Waals surface area contributed by atoms with Crippen LogP contribution < -0.4 is 4.74 Å². The van der Waals surface area contributed by atoms with Gasteiger partial charge in [0.25, 0.3) is 0 Å². The molecule has 2 aromatic rings. The van der Waals surface area contributed by atoms with Crippen molar-refractivity contribution in [3.8, 4) is 11.6 Å². The molecule has 0 bridgehead atoms. The predicted octanol–water partition coefficient (Wildman–Crippen LogP) is 4.25. The van der Waals surface area contributed by atoms with Crippen LogP contribution in [-0.2, 0) is 9.53 Å². The van der Waals surface area contributed by atoms with E-state index in [-0.39, 0.29) is 17.2 Å². The number of nitrogens with zero attached hydrogens (tertiary/aromatic N) is 1. The molecule has 0 saturated heterocycles. The summed E-state index contributed by atoms with van der Waals surface area (Å²) in [6.07, 6.45) is 2.43. The van der Waals surface area contributed by atoms with Gasteiger partial charge in [-0.2, -0.15) is 0 Å². The van der Waals surface area contributed by atoms with Gasteiger partial charge >= 0.3 is 5.97 Å². The zero-order chi connectivity index (χ0) is 17.7. The van der Waals surface area contributed by atoms with Crippen LogP contribution in [0.1, 0.15) is 26.3 Å². The largest absolute Gasteiger partial charge is 0.507 e. The first kappa shape index (κ1) is 17.5. The summed E-state index contributed by atoms with van der Waals surface area (Å²) in [5.41, 5.74) is -0.455. The summed E-state index contributed by atoms with van der Waals surface area (Å²) in [7, 11) is 0. The molecule has 24 heavy (non-hydrogen) atoms. The lowest BCUT2D eigenvalue weighted by Gasteiger charge is -2.18. The van der Waals surface area contributed by atoms with Crippen molar-refractivity contribution in [2.75, 3.05) is 0 Å². The lowest BCUT2D eigenvalue weighted by atomic mass is 10.2. The van der Waals surface area contributed by atoms with Crippen LogP contribution in [0.25, 0.3) is 5.76 Å². The Bertz CT molecular complexity index is 748. The van der Waals surface area contributed by atoms with Gasteiger partial charge in [-0.1, -0.05) is 0 Å². The number of aliphatic hydroxyl groups is 1. The Morgan fingerprint density at radius 3 is 2.50 bits per heavy atom. The molecule has 0 saturated carbocycles. The van der Waals surface area contributed by atoms with E-state index in [4.69, 9.17) is 9.47 Å². The van der Waals surface area contributed by atoms with E-state index in [9.17, 15) is 14.3 Å². The normalized spacial score (nSPS) is 11.9. The van der Waals surface area contributed by atoms with Crippen molar-refractivity contribution in [2.45, 2.75) is 26.4 Å². The number of halogens is 1. The van der Waals surface area contributed by atoms with Gasteiger partial charge in [-0.3, -0.25) is 0 Å². The number of benzene rings is 1. The topological polar surface area (TPSA) is 68.7 Å².